The first-order valence-electron chi connectivity index (χ1n) is 7.50. The van der Waals surface area contributed by atoms with Crippen LogP contribution in [0.5, 0.6) is 5.75 Å². The van der Waals surface area contributed by atoms with Crippen molar-refractivity contribution in [1.29, 1.82) is 0 Å². The highest BCUT2D eigenvalue weighted by Gasteiger charge is 2.27. The Kier molecular flexibility index (Phi) is 4.09. The number of thiophene rings is 1. The first kappa shape index (κ1) is 15.6. The molecule has 2 aromatic rings. The maximum absolute atomic E-state index is 12.3. The molecule has 0 saturated heterocycles. The highest BCUT2D eigenvalue weighted by atomic mass is 32.1. The minimum Gasteiger partial charge on any atom is -0.508 e. The van der Waals surface area contributed by atoms with Gasteiger partial charge in [0.15, 0.2) is 0 Å². The molecule has 0 spiro atoms. The number of phenols is 1. The molecule has 3 rings (SSSR count). The molecule has 1 aromatic heterocycles. The Labute approximate surface area is 138 Å². The molecule has 120 valence electrons. The van der Waals surface area contributed by atoms with Crippen LogP contribution in [-0.4, -0.2) is 16.9 Å². The lowest BCUT2D eigenvalue weighted by Crippen LogP contribution is -2.19. The molecule has 0 fully saturated rings. The van der Waals surface area contributed by atoms with Gasteiger partial charge in [0, 0.05) is 10.4 Å². The number of amides is 2. The largest absolute Gasteiger partial charge is 0.508 e. The predicted octanol–water partition coefficient (Wildman–Crippen LogP) is 2.93. The zero-order chi connectivity index (χ0) is 16.6. The van der Waals surface area contributed by atoms with E-state index in [1.807, 2.05) is 0 Å². The van der Waals surface area contributed by atoms with Gasteiger partial charge >= 0.3 is 0 Å². The van der Waals surface area contributed by atoms with Crippen LogP contribution in [0, 0.1) is 5.92 Å². The van der Waals surface area contributed by atoms with Crippen molar-refractivity contribution in [2.45, 2.75) is 26.2 Å². The highest BCUT2D eigenvalue weighted by molar-refractivity contribution is 7.17. The Morgan fingerprint density at radius 3 is 2.65 bits per heavy atom. The number of rotatable bonds is 3. The number of hydrogen-bond donors (Lipinski definition) is 3. The van der Waals surface area contributed by atoms with Crippen LogP contribution in [0.2, 0.25) is 0 Å². The van der Waals surface area contributed by atoms with E-state index in [1.165, 1.54) is 35.6 Å². The first-order valence-corrected chi connectivity index (χ1v) is 8.32. The summed E-state index contributed by atoms with van der Waals surface area (Å²) in [6.45, 7) is 2.18. The van der Waals surface area contributed by atoms with Crippen molar-refractivity contribution < 1.29 is 14.7 Å². The number of fused-ring (bicyclic) bond motifs is 1. The average molecular weight is 330 g/mol. The maximum atomic E-state index is 12.3. The van der Waals surface area contributed by atoms with Crippen LogP contribution < -0.4 is 11.1 Å². The quantitative estimate of drug-likeness (QED) is 0.808. The normalized spacial score (nSPS) is 16.7. The number of nitrogens with one attached hydrogen (secondary N) is 1. The van der Waals surface area contributed by atoms with Crippen LogP contribution >= 0.6 is 11.3 Å². The fourth-order valence-corrected chi connectivity index (χ4v) is 4.30. The van der Waals surface area contributed by atoms with E-state index in [9.17, 15) is 14.7 Å². The molecule has 1 heterocycles. The monoisotopic (exact) mass is 330 g/mol. The third-order valence-corrected chi connectivity index (χ3v) is 5.28. The summed E-state index contributed by atoms with van der Waals surface area (Å²) in [6.07, 6.45) is 2.76. The summed E-state index contributed by atoms with van der Waals surface area (Å²) in [7, 11) is 0. The van der Waals surface area contributed by atoms with E-state index in [2.05, 4.69) is 12.2 Å². The van der Waals surface area contributed by atoms with Crippen molar-refractivity contribution >= 4 is 28.2 Å². The number of anilines is 1. The fraction of sp³-hybridized carbons (Fsp3) is 0.294. The molecular formula is C17H18N2O3S. The van der Waals surface area contributed by atoms with Gasteiger partial charge in [-0.1, -0.05) is 6.92 Å². The predicted molar refractivity (Wildman–Crippen MR) is 90.1 cm³/mol. The van der Waals surface area contributed by atoms with Gasteiger partial charge in [0.2, 0.25) is 0 Å². The van der Waals surface area contributed by atoms with Crippen LogP contribution in [0.1, 0.15) is 44.5 Å². The molecule has 1 atom stereocenters. The molecule has 0 bridgehead atoms. The number of primary amides is 1. The Balaban J connectivity index is 1.92. The summed E-state index contributed by atoms with van der Waals surface area (Å²) in [4.78, 5) is 25.3. The van der Waals surface area contributed by atoms with E-state index >= 15 is 0 Å². The summed E-state index contributed by atoms with van der Waals surface area (Å²) >= 11 is 1.44. The second kappa shape index (κ2) is 6.04. The molecule has 1 aromatic carbocycles. The Bertz CT molecular complexity index is 765. The van der Waals surface area contributed by atoms with Crippen molar-refractivity contribution in [3.8, 4) is 5.75 Å². The van der Waals surface area contributed by atoms with E-state index in [0.717, 1.165) is 29.7 Å². The number of aromatic hydroxyl groups is 1. The molecular weight excluding hydrogens is 312 g/mol. The van der Waals surface area contributed by atoms with Gasteiger partial charge in [-0.25, -0.2) is 0 Å². The summed E-state index contributed by atoms with van der Waals surface area (Å²) < 4.78 is 0. The van der Waals surface area contributed by atoms with Gasteiger partial charge in [0.05, 0.1) is 5.56 Å². The van der Waals surface area contributed by atoms with Crippen molar-refractivity contribution in [2.24, 2.45) is 11.7 Å². The Hall–Kier alpha value is -2.34. The zero-order valence-electron chi connectivity index (χ0n) is 12.8. The molecule has 4 N–H and O–H groups in total. The average Bonchev–Trinajstić information content (AvgIpc) is 2.84. The molecule has 0 saturated carbocycles. The standard InChI is InChI=1S/C17H18N2O3S/c1-9-2-7-12-13(8-9)23-17(14(12)15(18)21)19-16(22)10-3-5-11(20)6-4-10/h3-6,9,20H,2,7-8H2,1H3,(H2,18,21)(H,19,22)/t9-/m0/s1. The lowest BCUT2D eigenvalue weighted by molar-refractivity contribution is 0.1000. The smallest absolute Gasteiger partial charge is 0.256 e. The molecule has 23 heavy (non-hydrogen) atoms. The van der Waals surface area contributed by atoms with Gasteiger partial charge in [0.25, 0.3) is 11.8 Å². The summed E-state index contributed by atoms with van der Waals surface area (Å²) in [5.41, 5.74) is 7.39. The number of nitrogens with two attached hydrogens (primary N) is 1. The summed E-state index contributed by atoms with van der Waals surface area (Å²) in [5.74, 6) is -0.153. The number of benzene rings is 1. The van der Waals surface area contributed by atoms with Crippen LogP contribution in [0.15, 0.2) is 24.3 Å². The number of phenolic OH excluding ortho intramolecular Hbond substituents is 1. The molecule has 1 aliphatic carbocycles. The van der Waals surface area contributed by atoms with Crippen LogP contribution in [0.25, 0.3) is 0 Å². The van der Waals surface area contributed by atoms with Gasteiger partial charge in [-0.2, -0.15) is 0 Å². The van der Waals surface area contributed by atoms with Crippen LogP contribution in [0.3, 0.4) is 0 Å². The third-order valence-electron chi connectivity index (χ3n) is 4.11. The maximum Gasteiger partial charge on any atom is 0.256 e. The van der Waals surface area contributed by atoms with E-state index in [0.29, 0.717) is 22.0 Å². The summed E-state index contributed by atoms with van der Waals surface area (Å²) in [5, 5.41) is 12.6. The van der Waals surface area contributed by atoms with Crippen molar-refractivity contribution in [3.05, 3.63) is 45.8 Å². The molecule has 6 heteroatoms. The van der Waals surface area contributed by atoms with E-state index in [4.69, 9.17) is 5.73 Å². The topological polar surface area (TPSA) is 92.4 Å². The minimum absolute atomic E-state index is 0.0972. The first-order chi connectivity index (χ1) is 11.0. The molecule has 0 aliphatic heterocycles. The van der Waals surface area contributed by atoms with Gasteiger partial charge in [-0.05, 0) is 55.0 Å². The fourth-order valence-electron chi connectivity index (χ4n) is 2.89. The highest BCUT2D eigenvalue weighted by Crippen LogP contribution is 2.39. The Morgan fingerprint density at radius 2 is 2.00 bits per heavy atom. The third kappa shape index (κ3) is 3.07. The lowest BCUT2D eigenvalue weighted by Gasteiger charge is -2.18. The van der Waals surface area contributed by atoms with Crippen LogP contribution in [0.4, 0.5) is 5.00 Å². The zero-order valence-corrected chi connectivity index (χ0v) is 13.6. The molecule has 0 unspecified atom stereocenters. The molecule has 1 aliphatic rings. The summed E-state index contributed by atoms with van der Waals surface area (Å²) in [6, 6.07) is 5.96. The van der Waals surface area contributed by atoms with E-state index < -0.39 is 5.91 Å². The van der Waals surface area contributed by atoms with E-state index in [1.54, 1.807) is 0 Å². The second-order valence-corrected chi connectivity index (χ2v) is 7.03. The van der Waals surface area contributed by atoms with E-state index in [-0.39, 0.29) is 11.7 Å². The molecule has 5 nitrogen and oxygen atoms in total. The Morgan fingerprint density at radius 1 is 1.30 bits per heavy atom. The minimum atomic E-state index is -0.502. The van der Waals surface area contributed by atoms with Crippen LogP contribution in [-0.2, 0) is 12.8 Å². The van der Waals surface area contributed by atoms with Gasteiger partial charge in [0.1, 0.15) is 10.8 Å². The van der Waals surface area contributed by atoms with Crippen molar-refractivity contribution in [1.82, 2.24) is 0 Å². The molecule has 2 amide bonds. The van der Waals surface area contributed by atoms with Gasteiger partial charge in [-0.3, -0.25) is 9.59 Å². The number of carbonyl (C=O) groups is 2. The molecule has 0 radical (unpaired) electrons. The van der Waals surface area contributed by atoms with Gasteiger partial charge < -0.3 is 16.2 Å². The SMILES string of the molecule is C[C@H]1CCc2c(sc(NC(=O)c3ccc(O)cc3)c2C(N)=O)C1. The number of hydrogen-bond acceptors (Lipinski definition) is 4. The number of carbonyl (C=O) groups excluding carboxylic acids is 2. The second-order valence-electron chi connectivity index (χ2n) is 5.92. The van der Waals surface area contributed by atoms with Crippen molar-refractivity contribution in [2.75, 3.05) is 5.32 Å². The van der Waals surface area contributed by atoms with Crippen molar-refractivity contribution in [3.63, 3.8) is 0 Å². The lowest BCUT2D eigenvalue weighted by atomic mass is 9.88. The van der Waals surface area contributed by atoms with Gasteiger partial charge in [-0.15, -0.1) is 11.3 Å².